The first-order valence-corrected chi connectivity index (χ1v) is 7.56. The third kappa shape index (κ3) is 4.73. The molecule has 0 aliphatic rings. The Morgan fingerprint density at radius 1 is 1.48 bits per heavy atom. The van der Waals surface area contributed by atoms with Crippen molar-refractivity contribution in [1.82, 2.24) is 4.31 Å². The Hall–Kier alpha value is -2.11. The number of hydrogen-bond acceptors (Lipinski definition) is 5. The molecule has 0 heterocycles. The zero-order valence-corrected chi connectivity index (χ0v) is 12.9. The average molecular weight is 311 g/mol. The molecule has 7 nitrogen and oxygen atoms in total. The molecule has 21 heavy (non-hydrogen) atoms. The van der Waals surface area contributed by atoms with E-state index in [1.54, 1.807) is 19.1 Å². The van der Waals surface area contributed by atoms with Crippen LogP contribution in [0.5, 0.6) is 0 Å². The molecule has 8 heteroatoms. The van der Waals surface area contributed by atoms with Gasteiger partial charge in [-0.25, -0.2) is 0 Å². The number of carbonyl (C=O) groups excluding carboxylic acids is 1. The standard InChI is InChI=1S/C13H17N3O4S/c1-10-4-5-11(9-14)8-12(10)15-21(18,19)16(2)7-6-13(17)20-3/h4-5,8,15H,6-7H2,1-3H3. The molecule has 0 unspecified atom stereocenters. The zero-order valence-electron chi connectivity index (χ0n) is 12.1. The van der Waals surface area contributed by atoms with Crippen LogP contribution in [0.2, 0.25) is 0 Å². The van der Waals surface area contributed by atoms with Gasteiger partial charge in [0.2, 0.25) is 0 Å². The molecule has 0 aliphatic carbocycles. The molecule has 0 saturated carbocycles. The second-order valence-electron chi connectivity index (χ2n) is 4.40. The number of hydrogen-bond donors (Lipinski definition) is 1. The molecule has 0 amide bonds. The van der Waals surface area contributed by atoms with Crippen LogP contribution in [0.15, 0.2) is 18.2 Å². The van der Waals surface area contributed by atoms with Crippen LogP contribution in [0.3, 0.4) is 0 Å². The second-order valence-corrected chi connectivity index (χ2v) is 6.17. The van der Waals surface area contributed by atoms with Gasteiger partial charge in [0, 0.05) is 13.6 Å². The summed E-state index contributed by atoms with van der Waals surface area (Å²) in [5.74, 6) is -0.486. The number of rotatable bonds is 6. The van der Waals surface area contributed by atoms with Crippen molar-refractivity contribution in [3.05, 3.63) is 29.3 Å². The first kappa shape index (κ1) is 16.9. The minimum atomic E-state index is -3.80. The fourth-order valence-electron chi connectivity index (χ4n) is 1.49. The number of carbonyl (C=O) groups is 1. The van der Waals surface area contributed by atoms with Crippen molar-refractivity contribution in [2.24, 2.45) is 0 Å². The maximum absolute atomic E-state index is 12.1. The Kier molecular flexibility index (Phi) is 5.69. The molecule has 0 spiro atoms. The summed E-state index contributed by atoms with van der Waals surface area (Å²) in [4.78, 5) is 11.0. The monoisotopic (exact) mass is 311 g/mol. The maximum Gasteiger partial charge on any atom is 0.306 e. The fourth-order valence-corrected chi connectivity index (χ4v) is 2.47. The molecule has 0 fully saturated rings. The lowest BCUT2D eigenvalue weighted by Gasteiger charge is -2.18. The van der Waals surface area contributed by atoms with Crippen LogP contribution in [0, 0.1) is 18.3 Å². The molecule has 114 valence electrons. The van der Waals surface area contributed by atoms with Gasteiger partial charge in [0.05, 0.1) is 30.9 Å². The molecule has 0 atom stereocenters. The van der Waals surface area contributed by atoms with Gasteiger partial charge in [-0.2, -0.15) is 18.0 Å². The summed E-state index contributed by atoms with van der Waals surface area (Å²) in [6.07, 6.45) is -0.0366. The van der Waals surface area contributed by atoms with Gasteiger partial charge in [-0.05, 0) is 24.6 Å². The number of nitrogens with one attached hydrogen (secondary N) is 1. The van der Waals surface area contributed by atoms with Crippen molar-refractivity contribution in [3.63, 3.8) is 0 Å². The van der Waals surface area contributed by atoms with E-state index in [0.29, 0.717) is 16.8 Å². The number of esters is 1. The SMILES string of the molecule is COC(=O)CCN(C)S(=O)(=O)Nc1cc(C#N)ccc1C. The molecular formula is C13H17N3O4S. The zero-order chi connectivity index (χ0) is 16.0. The van der Waals surface area contributed by atoms with Gasteiger partial charge in [-0.1, -0.05) is 6.07 Å². The summed E-state index contributed by atoms with van der Waals surface area (Å²) in [5.41, 5.74) is 1.38. The van der Waals surface area contributed by atoms with E-state index < -0.39 is 16.2 Å². The largest absolute Gasteiger partial charge is 0.469 e. The van der Waals surface area contributed by atoms with Crippen LogP contribution >= 0.6 is 0 Å². The average Bonchev–Trinajstić information content (AvgIpc) is 2.46. The Labute approximate surface area is 124 Å². The molecule has 1 rings (SSSR count). The lowest BCUT2D eigenvalue weighted by Crippen LogP contribution is -2.34. The van der Waals surface area contributed by atoms with Gasteiger partial charge in [0.15, 0.2) is 0 Å². The van der Waals surface area contributed by atoms with E-state index >= 15 is 0 Å². The van der Waals surface area contributed by atoms with Crippen molar-refractivity contribution in [2.75, 3.05) is 25.4 Å². The molecule has 0 aromatic heterocycles. The highest BCUT2D eigenvalue weighted by Crippen LogP contribution is 2.18. The van der Waals surface area contributed by atoms with Gasteiger partial charge in [0.25, 0.3) is 0 Å². The van der Waals surface area contributed by atoms with Crippen LogP contribution in [0.25, 0.3) is 0 Å². The van der Waals surface area contributed by atoms with Crippen LogP contribution in [0.4, 0.5) is 5.69 Å². The Bertz CT molecular complexity index is 664. The van der Waals surface area contributed by atoms with Crippen molar-refractivity contribution in [2.45, 2.75) is 13.3 Å². The van der Waals surface area contributed by atoms with Crippen molar-refractivity contribution in [1.29, 1.82) is 5.26 Å². The predicted molar refractivity (Wildman–Crippen MR) is 77.7 cm³/mol. The van der Waals surface area contributed by atoms with E-state index in [4.69, 9.17) is 5.26 Å². The smallest absolute Gasteiger partial charge is 0.306 e. The van der Waals surface area contributed by atoms with E-state index in [2.05, 4.69) is 9.46 Å². The molecule has 0 bridgehead atoms. The number of anilines is 1. The van der Waals surface area contributed by atoms with Gasteiger partial charge in [0.1, 0.15) is 0 Å². The third-order valence-electron chi connectivity index (χ3n) is 2.87. The second kappa shape index (κ2) is 7.06. The minimum Gasteiger partial charge on any atom is -0.469 e. The number of nitrogens with zero attached hydrogens (tertiary/aromatic N) is 2. The molecule has 1 aromatic carbocycles. The summed E-state index contributed by atoms with van der Waals surface area (Å²) < 4.78 is 32.1. The Morgan fingerprint density at radius 2 is 2.14 bits per heavy atom. The number of benzene rings is 1. The highest BCUT2D eigenvalue weighted by Gasteiger charge is 2.19. The minimum absolute atomic E-state index is 0.000997. The van der Waals surface area contributed by atoms with Gasteiger partial charge >= 0.3 is 16.2 Å². The first-order valence-electron chi connectivity index (χ1n) is 6.12. The predicted octanol–water partition coefficient (Wildman–Crippen LogP) is 1.02. The molecular weight excluding hydrogens is 294 g/mol. The maximum atomic E-state index is 12.1. The number of nitriles is 1. The topological polar surface area (TPSA) is 99.5 Å². The van der Waals surface area contributed by atoms with E-state index in [1.165, 1.54) is 20.2 Å². The summed E-state index contributed by atoms with van der Waals surface area (Å²) >= 11 is 0. The van der Waals surface area contributed by atoms with Crippen molar-refractivity contribution < 1.29 is 17.9 Å². The Morgan fingerprint density at radius 3 is 2.71 bits per heavy atom. The fraction of sp³-hybridized carbons (Fsp3) is 0.385. The summed E-state index contributed by atoms with van der Waals surface area (Å²) in [5, 5.41) is 8.84. The number of aryl methyl sites for hydroxylation is 1. The molecule has 1 N–H and O–H groups in total. The van der Waals surface area contributed by atoms with E-state index in [0.717, 1.165) is 4.31 Å². The Balaban J connectivity index is 2.85. The normalized spacial score (nSPS) is 11.0. The van der Waals surface area contributed by atoms with Gasteiger partial charge < -0.3 is 4.74 Å². The molecule has 0 aliphatic heterocycles. The van der Waals surface area contributed by atoms with Crippen molar-refractivity contribution >= 4 is 21.9 Å². The van der Waals surface area contributed by atoms with E-state index in [-0.39, 0.29) is 13.0 Å². The highest BCUT2D eigenvalue weighted by atomic mass is 32.2. The van der Waals surface area contributed by atoms with E-state index in [9.17, 15) is 13.2 Å². The van der Waals surface area contributed by atoms with E-state index in [1.807, 2.05) is 6.07 Å². The first-order chi connectivity index (χ1) is 9.80. The molecule has 1 aromatic rings. The van der Waals surface area contributed by atoms with Gasteiger partial charge in [-0.3, -0.25) is 9.52 Å². The van der Waals surface area contributed by atoms with Crippen LogP contribution < -0.4 is 4.72 Å². The summed E-state index contributed by atoms with van der Waals surface area (Å²) in [6.45, 7) is 1.73. The molecule has 0 saturated heterocycles. The third-order valence-corrected chi connectivity index (χ3v) is 4.36. The highest BCUT2D eigenvalue weighted by molar-refractivity contribution is 7.90. The van der Waals surface area contributed by atoms with Crippen LogP contribution in [-0.4, -0.2) is 39.4 Å². The van der Waals surface area contributed by atoms with Crippen molar-refractivity contribution in [3.8, 4) is 6.07 Å². The quantitative estimate of drug-likeness (QED) is 0.791. The van der Waals surface area contributed by atoms with Gasteiger partial charge in [-0.15, -0.1) is 0 Å². The summed E-state index contributed by atoms with van der Waals surface area (Å²) in [7, 11) is -1.20. The number of ether oxygens (including phenoxy) is 1. The lowest BCUT2D eigenvalue weighted by atomic mass is 10.1. The summed E-state index contributed by atoms with van der Waals surface area (Å²) in [6, 6.07) is 6.67. The van der Waals surface area contributed by atoms with Crippen LogP contribution in [-0.2, 0) is 19.7 Å². The lowest BCUT2D eigenvalue weighted by molar-refractivity contribution is -0.140. The molecule has 0 radical (unpaired) electrons. The number of methoxy groups -OCH3 is 1. The van der Waals surface area contributed by atoms with Crippen LogP contribution in [0.1, 0.15) is 17.5 Å².